The number of carbonyl (C=O) groups excluding carboxylic acids is 1. The molecule has 0 aliphatic heterocycles. The molecule has 1 fully saturated rings. The predicted octanol–water partition coefficient (Wildman–Crippen LogP) is 2.45. The molecule has 6 heteroatoms. The van der Waals surface area contributed by atoms with E-state index < -0.39 is 10.0 Å². The first-order valence-corrected chi connectivity index (χ1v) is 9.47. The van der Waals surface area contributed by atoms with Crippen molar-refractivity contribution in [3.05, 3.63) is 29.3 Å². The van der Waals surface area contributed by atoms with Crippen LogP contribution in [0.2, 0.25) is 0 Å². The van der Waals surface area contributed by atoms with Gasteiger partial charge in [-0.05, 0) is 37.8 Å². The number of hydrogen-bond acceptors (Lipinski definition) is 3. The molecule has 2 rings (SSSR count). The molecule has 1 amide bonds. The summed E-state index contributed by atoms with van der Waals surface area (Å²) in [4.78, 5) is 12.3. The van der Waals surface area contributed by atoms with Crippen molar-refractivity contribution < 1.29 is 13.2 Å². The van der Waals surface area contributed by atoms with Gasteiger partial charge in [0.2, 0.25) is 15.9 Å². The van der Waals surface area contributed by atoms with E-state index in [0.29, 0.717) is 0 Å². The lowest BCUT2D eigenvalue weighted by Gasteiger charge is -2.26. The minimum absolute atomic E-state index is 0.0429. The van der Waals surface area contributed by atoms with E-state index in [0.717, 1.165) is 42.5 Å². The third kappa shape index (κ3) is 4.08. The first kappa shape index (κ1) is 17.0. The molecule has 0 bridgehead atoms. The Bertz CT molecular complexity index is 629. The van der Waals surface area contributed by atoms with Crippen LogP contribution in [0.5, 0.6) is 0 Å². The number of amides is 1. The zero-order chi connectivity index (χ0) is 16.3. The van der Waals surface area contributed by atoms with Gasteiger partial charge in [-0.25, -0.2) is 8.42 Å². The molecule has 0 radical (unpaired) electrons. The van der Waals surface area contributed by atoms with Gasteiger partial charge in [-0.2, -0.15) is 4.31 Å². The van der Waals surface area contributed by atoms with Crippen molar-refractivity contribution in [1.82, 2.24) is 4.31 Å². The van der Waals surface area contributed by atoms with Crippen LogP contribution in [0.4, 0.5) is 5.69 Å². The standard InChI is InChI=1S/C16H24N2O3S/c1-12-7-6-8-13(2)16(12)17-15(19)11-18(22(3,20)21)14-9-4-5-10-14/h6-8,14H,4-5,9-11H2,1-3H3,(H,17,19). The van der Waals surface area contributed by atoms with Gasteiger partial charge in [0.25, 0.3) is 0 Å². The Kier molecular flexibility index (Phi) is 5.24. The van der Waals surface area contributed by atoms with Crippen LogP contribution in [0.15, 0.2) is 18.2 Å². The van der Waals surface area contributed by atoms with E-state index in [1.165, 1.54) is 10.6 Å². The number of rotatable bonds is 5. The number of nitrogens with one attached hydrogen (secondary N) is 1. The Morgan fingerprint density at radius 1 is 1.23 bits per heavy atom. The maximum atomic E-state index is 12.3. The van der Waals surface area contributed by atoms with Crippen molar-refractivity contribution in [2.24, 2.45) is 0 Å². The Labute approximate surface area is 132 Å². The summed E-state index contributed by atoms with van der Waals surface area (Å²) in [5, 5.41) is 2.86. The van der Waals surface area contributed by atoms with Gasteiger partial charge in [0.1, 0.15) is 0 Å². The Hall–Kier alpha value is -1.40. The molecule has 1 saturated carbocycles. The van der Waals surface area contributed by atoms with E-state index in [-0.39, 0.29) is 18.5 Å². The highest BCUT2D eigenvalue weighted by Gasteiger charge is 2.31. The fourth-order valence-corrected chi connectivity index (χ4v) is 4.15. The number of benzene rings is 1. The van der Waals surface area contributed by atoms with Crippen molar-refractivity contribution in [3.8, 4) is 0 Å². The van der Waals surface area contributed by atoms with E-state index >= 15 is 0 Å². The summed E-state index contributed by atoms with van der Waals surface area (Å²) in [5.74, 6) is -0.283. The molecule has 1 aliphatic rings. The molecule has 1 aromatic rings. The van der Waals surface area contributed by atoms with Gasteiger partial charge in [0.05, 0.1) is 12.8 Å². The zero-order valence-electron chi connectivity index (χ0n) is 13.4. The van der Waals surface area contributed by atoms with Crippen LogP contribution in [-0.2, 0) is 14.8 Å². The van der Waals surface area contributed by atoms with Gasteiger partial charge in [-0.3, -0.25) is 4.79 Å². The second-order valence-electron chi connectivity index (χ2n) is 6.06. The molecule has 1 aromatic carbocycles. The Balaban J connectivity index is 2.11. The molecule has 1 N–H and O–H groups in total. The van der Waals surface area contributed by atoms with Crippen LogP contribution in [0.25, 0.3) is 0 Å². The summed E-state index contributed by atoms with van der Waals surface area (Å²) >= 11 is 0. The lowest BCUT2D eigenvalue weighted by molar-refractivity contribution is -0.116. The van der Waals surface area contributed by atoms with Crippen molar-refractivity contribution in [2.75, 3.05) is 18.1 Å². The fraction of sp³-hybridized carbons (Fsp3) is 0.562. The summed E-state index contributed by atoms with van der Waals surface area (Å²) in [5.41, 5.74) is 2.72. The Morgan fingerprint density at radius 3 is 2.27 bits per heavy atom. The smallest absolute Gasteiger partial charge is 0.239 e. The summed E-state index contributed by atoms with van der Waals surface area (Å²) in [6.07, 6.45) is 4.90. The SMILES string of the molecule is Cc1cccc(C)c1NC(=O)CN(C1CCCC1)S(C)(=O)=O. The molecule has 0 saturated heterocycles. The van der Waals surface area contributed by atoms with Gasteiger partial charge in [0, 0.05) is 11.7 Å². The largest absolute Gasteiger partial charge is 0.324 e. The van der Waals surface area contributed by atoms with E-state index in [9.17, 15) is 13.2 Å². The van der Waals surface area contributed by atoms with Crippen molar-refractivity contribution in [3.63, 3.8) is 0 Å². The second-order valence-corrected chi connectivity index (χ2v) is 8.00. The quantitative estimate of drug-likeness (QED) is 0.904. The van der Waals surface area contributed by atoms with Gasteiger partial charge in [-0.1, -0.05) is 31.0 Å². The summed E-state index contributed by atoms with van der Waals surface area (Å²) in [6, 6.07) is 5.74. The molecule has 0 spiro atoms. The topological polar surface area (TPSA) is 66.5 Å². The van der Waals surface area contributed by atoms with Gasteiger partial charge in [0.15, 0.2) is 0 Å². The maximum absolute atomic E-state index is 12.3. The summed E-state index contributed by atoms with van der Waals surface area (Å²) < 4.78 is 25.3. The second kappa shape index (κ2) is 6.79. The van der Waals surface area contributed by atoms with E-state index in [1.54, 1.807) is 0 Å². The number of anilines is 1. The van der Waals surface area contributed by atoms with Gasteiger partial charge >= 0.3 is 0 Å². The van der Waals surface area contributed by atoms with Crippen LogP contribution in [0.1, 0.15) is 36.8 Å². The average Bonchev–Trinajstić information content (AvgIpc) is 2.93. The number of sulfonamides is 1. The van der Waals surface area contributed by atoms with Gasteiger partial charge in [-0.15, -0.1) is 0 Å². The van der Waals surface area contributed by atoms with E-state index in [1.807, 2.05) is 32.0 Å². The average molecular weight is 324 g/mol. The molecule has 122 valence electrons. The monoisotopic (exact) mass is 324 g/mol. The molecular weight excluding hydrogens is 300 g/mol. The minimum atomic E-state index is -3.38. The molecule has 5 nitrogen and oxygen atoms in total. The highest BCUT2D eigenvalue weighted by atomic mass is 32.2. The summed E-state index contributed by atoms with van der Waals surface area (Å²) in [6.45, 7) is 3.74. The number of para-hydroxylation sites is 1. The summed E-state index contributed by atoms with van der Waals surface area (Å²) in [7, 11) is -3.38. The van der Waals surface area contributed by atoms with Crippen molar-refractivity contribution >= 4 is 21.6 Å². The van der Waals surface area contributed by atoms with E-state index in [4.69, 9.17) is 0 Å². The fourth-order valence-electron chi connectivity index (χ4n) is 3.04. The third-order valence-corrected chi connectivity index (χ3v) is 5.48. The van der Waals surface area contributed by atoms with E-state index in [2.05, 4.69) is 5.32 Å². The number of aryl methyl sites for hydroxylation is 2. The van der Waals surface area contributed by atoms with Crippen LogP contribution < -0.4 is 5.32 Å². The predicted molar refractivity (Wildman–Crippen MR) is 88.4 cm³/mol. The lowest BCUT2D eigenvalue weighted by atomic mass is 10.1. The number of nitrogens with zero attached hydrogens (tertiary/aromatic N) is 1. The highest BCUT2D eigenvalue weighted by molar-refractivity contribution is 7.88. The molecule has 0 aromatic heterocycles. The molecule has 0 atom stereocenters. The normalized spacial score (nSPS) is 16.2. The van der Waals surface area contributed by atoms with Crippen LogP contribution in [0.3, 0.4) is 0 Å². The minimum Gasteiger partial charge on any atom is -0.324 e. The molecule has 0 unspecified atom stereocenters. The maximum Gasteiger partial charge on any atom is 0.239 e. The highest BCUT2D eigenvalue weighted by Crippen LogP contribution is 2.25. The van der Waals surface area contributed by atoms with Crippen molar-refractivity contribution in [1.29, 1.82) is 0 Å². The van der Waals surface area contributed by atoms with Crippen LogP contribution >= 0.6 is 0 Å². The number of hydrogen-bond donors (Lipinski definition) is 1. The molecular formula is C16H24N2O3S. The first-order chi connectivity index (χ1) is 10.3. The lowest BCUT2D eigenvalue weighted by Crippen LogP contribution is -2.43. The van der Waals surface area contributed by atoms with Crippen LogP contribution in [0, 0.1) is 13.8 Å². The van der Waals surface area contributed by atoms with Gasteiger partial charge < -0.3 is 5.32 Å². The van der Waals surface area contributed by atoms with Crippen molar-refractivity contribution in [2.45, 2.75) is 45.6 Å². The molecule has 22 heavy (non-hydrogen) atoms. The third-order valence-electron chi connectivity index (χ3n) is 4.20. The Morgan fingerprint density at radius 2 is 1.77 bits per heavy atom. The molecule has 0 heterocycles. The number of carbonyl (C=O) groups is 1. The van der Waals surface area contributed by atoms with Crippen LogP contribution in [-0.4, -0.2) is 37.5 Å². The zero-order valence-corrected chi connectivity index (χ0v) is 14.2. The molecule has 1 aliphatic carbocycles. The first-order valence-electron chi connectivity index (χ1n) is 7.62.